The fourth-order valence-corrected chi connectivity index (χ4v) is 2.24. The van der Waals surface area contributed by atoms with Crippen LogP contribution < -0.4 is 11.5 Å². The van der Waals surface area contributed by atoms with Gasteiger partial charge in [0.15, 0.2) is 18.0 Å². The zero-order valence-electron chi connectivity index (χ0n) is 19.6. The second-order valence-electron chi connectivity index (χ2n) is 7.08. The van der Waals surface area contributed by atoms with Crippen LogP contribution in [0.3, 0.4) is 0 Å². The largest absolute Gasteiger partial charge is 0.454 e. The summed E-state index contributed by atoms with van der Waals surface area (Å²) in [7, 11) is 0. The third kappa shape index (κ3) is 7.98. The molecule has 170 valence electrons. The van der Waals surface area contributed by atoms with Crippen LogP contribution in [0, 0.1) is 11.8 Å². The molecule has 0 aromatic heterocycles. The summed E-state index contributed by atoms with van der Waals surface area (Å²) in [5.74, 6) is -4.91. The van der Waals surface area contributed by atoms with E-state index in [1.54, 1.807) is 13.8 Å². The van der Waals surface area contributed by atoms with Gasteiger partial charge in [0.1, 0.15) is 24.2 Å². The van der Waals surface area contributed by atoms with Gasteiger partial charge in [0.2, 0.25) is 0 Å². The van der Waals surface area contributed by atoms with Crippen molar-refractivity contribution in [2.45, 2.75) is 83.9 Å². The molecule has 0 bridgehead atoms. The number of aliphatic hydroxyl groups is 3. The highest BCUT2D eigenvalue weighted by atomic mass is 16.6. The number of esters is 2. The Labute approximate surface area is 174 Å². The lowest BCUT2D eigenvalue weighted by Crippen LogP contribution is -2.55. The summed E-state index contributed by atoms with van der Waals surface area (Å²) in [4.78, 5) is 37.3. The predicted octanol–water partition coefficient (Wildman–Crippen LogP) is -1.14. The highest BCUT2D eigenvalue weighted by molar-refractivity contribution is 5.86. The molecular weight excluding hydrogens is 384 g/mol. The maximum absolute atomic E-state index is 12.6. The maximum atomic E-state index is 12.6. The lowest BCUT2D eigenvalue weighted by molar-refractivity contribution is -0.189. The Morgan fingerprint density at radius 1 is 0.966 bits per heavy atom. The molecule has 29 heavy (non-hydrogen) atoms. The number of ketones is 1. The van der Waals surface area contributed by atoms with Gasteiger partial charge in [-0.1, -0.05) is 40.5 Å². The van der Waals surface area contributed by atoms with Crippen LogP contribution in [0.2, 0.25) is 0 Å². The van der Waals surface area contributed by atoms with Crippen molar-refractivity contribution in [2.75, 3.05) is 6.61 Å². The van der Waals surface area contributed by atoms with E-state index in [1.165, 1.54) is 13.8 Å². The van der Waals surface area contributed by atoms with E-state index in [0.717, 1.165) is 6.92 Å². The Morgan fingerprint density at radius 2 is 1.38 bits per heavy atom. The van der Waals surface area contributed by atoms with Gasteiger partial charge in [0, 0.05) is 0 Å². The molecule has 0 radical (unpaired) electrons. The number of aliphatic hydroxyl groups excluding tert-OH is 3. The van der Waals surface area contributed by atoms with Gasteiger partial charge in [-0.05, 0) is 18.8 Å². The Kier molecular flexibility index (Phi) is 10.5. The molecule has 0 aromatic rings. The van der Waals surface area contributed by atoms with Crippen LogP contribution in [0.1, 0.15) is 50.2 Å². The van der Waals surface area contributed by atoms with Crippen LogP contribution >= 0.6 is 0 Å². The third-order valence-electron chi connectivity index (χ3n) is 4.85. The van der Waals surface area contributed by atoms with E-state index in [2.05, 4.69) is 0 Å². The molecule has 0 fully saturated rings. The molecule has 0 amide bonds. The van der Waals surface area contributed by atoms with E-state index in [-0.39, 0.29) is 0 Å². The van der Waals surface area contributed by atoms with Crippen LogP contribution in [0.5, 0.6) is 0 Å². The lowest BCUT2D eigenvalue weighted by atomic mass is 9.97. The van der Waals surface area contributed by atoms with Crippen LogP contribution in [0.15, 0.2) is 0 Å². The van der Waals surface area contributed by atoms with Gasteiger partial charge in [0.05, 0.1) is 9.35 Å². The number of hydrogen-bond donors (Lipinski definition) is 5. The smallest absolute Gasteiger partial charge is 0.324 e. The van der Waals surface area contributed by atoms with E-state index < -0.39 is 72.6 Å². The van der Waals surface area contributed by atoms with E-state index in [1.807, 2.05) is 0 Å². The van der Waals surface area contributed by atoms with Gasteiger partial charge in [-0.25, -0.2) is 0 Å². The molecule has 0 rings (SSSR count). The van der Waals surface area contributed by atoms with E-state index in [4.69, 9.17) is 28.8 Å². The molecule has 0 heterocycles. The number of carbonyl (C=O) groups excluding carboxylic acids is 3. The lowest BCUT2D eigenvalue weighted by Gasteiger charge is -2.32. The number of carbonyl (C=O) groups is 3. The second kappa shape index (κ2) is 12.9. The van der Waals surface area contributed by atoms with Gasteiger partial charge in [-0.15, -0.1) is 0 Å². The van der Waals surface area contributed by atoms with Crippen LogP contribution in [-0.2, 0) is 23.9 Å². The van der Waals surface area contributed by atoms with Crippen molar-refractivity contribution in [3.8, 4) is 0 Å². The first-order chi connectivity index (χ1) is 14.1. The van der Waals surface area contributed by atoms with Crippen molar-refractivity contribution in [2.24, 2.45) is 23.3 Å². The molecule has 7 N–H and O–H groups in total. The minimum absolute atomic E-state index is 0.330. The topological polar surface area (TPSA) is 182 Å². The summed E-state index contributed by atoms with van der Waals surface area (Å²) in [6.45, 7) is 6.40. The minimum atomic E-state index is -2.27. The van der Waals surface area contributed by atoms with Crippen LogP contribution in [-0.4, -0.2) is 76.1 Å². The van der Waals surface area contributed by atoms with Crippen molar-refractivity contribution < 1.29 is 41.9 Å². The quantitative estimate of drug-likeness (QED) is 0.227. The summed E-state index contributed by atoms with van der Waals surface area (Å²) in [5, 5.41) is 29.4. The first-order valence-corrected chi connectivity index (χ1v) is 9.56. The maximum Gasteiger partial charge on any atom is 0.324 e. The highest BCUT2D eigenvalue weighted by Crippen LogP contribution is 2.18. The number of nitrogens with two attached hydrogens (primary N) is 2. The van der Waals surface area contributed by atoms with Crippen molar-refractivity contribution in [3.63, 3.8) is 0 Å². The van der Waals surface area contributed by atoms with Crippen molar-refractivity contribution in [3.05, 3.63) is 0 Å². The summed E-state index contributed by atoms with van der Waals surface area (Å²) in [6.07, 6.45) is -7.28. The van der Waals surface area contributed by atoms with Gasteiger partial charge in [0.25, 0.3) is 0 Å². The Hall–Kier alpha value is -1.59. The molecule has 0 saturated carbocycles. The van der Waals surface area contributed by atoms with Crippen molar-refractivity contribution >= 4 is 17.7 Å². The normalized spacial score (nSPS) is 23.0. The molecule has 0 aromatic carbocycles. The number of Topliss-reactive ketones (excluding diaryl/α,β-unsaturated/α-hetero) is 1. The summed E-state index contributed by atoms with van der Waals surface area (Å²) < 4.78 is 26.2. The molecule has 0 aliphatic carbocycles. The standard InChI is InChI=1S/C19H36N2O8/c1-6-9(3)13(20)18(26)28-16(11(5)23)17(15(25)12(24)8-22)29-19(27)14(21)10(4)7-2/h9-10,12-17,22,24-25H,6-8,20-21H2,1-5H3/t9-,10-,12+,13-,14-,15+,16-,17-/m0/s1/i13D,14D. The molecule has 10 nitrogen and oxygen atoms in total. The van der Waals surface area contributed by atoms with Gasteiger partial charge in [-0.3, -0.25) is 14.4 Å². The molecule has 0 aliphatic rings. The first kappa shape index (κ1) is 23.7. The molecule has 10 heteroatoms. The zero-order chi connectivity index (χ0) is 24.7. The fourth-order valence-electron chi connectivity index (χ4n) is 2.24. The zero-order valence-corrected chi connectivity index (χ0v) is 17.6. The van der Waals surface area contributed by atoms with Gasteiger partial charge in [-0.2, -0.15) is 0 Å². The average Bonchev–Trinajstić information content (AvgIpc) is 2.72. The Bertz CT molecular complexity index is 632. The minimum Gasteiger partial charge on any atom is -0.454 e. The number of rotatable bonds is 13. The summed E-state index contributed by atoms with van der Waals surface area (Å²) in [6, 6.07) is -4.52. The monoisotopic (exact) mass is 422 g/mol. The van der Waals surface area contributed by atoms with Crippen molar-refractivity contribution in [1.82, 2.24) is 0 Å². The van der Waals surface area contributed by atoms with Gasteiger partial charge >= 0.3 is 11.9 Å². The summed E-state index contributed by atoms with van der Waals surface area (Å²) in [5.41, 5.74) is 11.5. The molecular formula is C19H36N2O8. The van der Waals surface area contributed by atoms with E-state index in [9.17, 15) is 24.6 Å². The number of ether oxygens (including phenoxy) is 2. The molecule has 0 unspecified atom stereocenters. The van der Waals surface area contributed by atoms with E-state index >= 15 is 0 Å². The second-order valence-corrected chi connectivity index (χ2v) is 7.08. The van der Waals surface area contributed by atoms with E-state index in [0.29, 0.717) is 12.8 Å². The molecule has 0 aliphatic heterocycles. The molecule has 8 atom stereocenters. The Morgan fingerprint density at radius 3 is 1.72 bits per heavy atom. The average molecular weight is 423 g/mol. The highest BCUT2D eigenvalue weighted by Gasteiger charge is 2.42. The fraction of sp³-hybridized carbons (Fsp3) is 0.842. The van der Waals surface area contributed by atoms with Crippen molar-refractivity contribution in [1.29, 1.82) is 0 Å². The third-order valence-corrected chi connectivity index (χ3v) is 4.85. The SMILES string of the molecule is [2H][C@@](N)(C(=O)O[C@@H]([C@H](O)[C@H](O)CO)[C@@H](OC(=O)[C@@]([2H])(N)[C@@H](C)CC)C(C)=O)[C@@H](C)CC. The first-order valence-electron chi connectivity index (χ1n) is 10.6. The Balaban J connectivity index is 6.07. The number of hydrogen-bond acceptors (Lipinski definition) is 10. The molecule has 0 saturated heterocycles. The van der Waals surface area contributed by atoms with Crippen LogP contribution in [0.25, 0.3) is 0 Å². The summed E-state index contributed by atoms with van der Waals surface area (Å²) >= 11 is 0. The predicted molar refractivity (Wildman–Crippen MR) is 104 cm³/mol. The molecule has 0 spiro atoms. The van der Waals surface area contributed by atoms with Crippen LogP contribution in [0.4, 0.5) is 0 Å². The van der Waals surface area contributed by atoms with Gasteiger partial charge < -0.3 is 36.3 Å².